The minimum atomic E-state index is -0.409. The number of nitrogens with one attached hydrogen (secondary N) is 4. The maximum atomic E-state index is 12.4. The molecule has 12 nitrogen and oxygen atoms in total. The van der Waals surface area contributed by atoms with Gasteiger partial charge in [0.2, 0.25) is 0 Å². The van der Waals surface area contributed by atoms with Crippen LogP contribution in [-0.4, -0.2) is 87.1 Å². The Labute approximate surface area is 303 Å². The number of hydrogen-bond donors (Lipinski definition) is 6. The lowest BCUT2D eigenvalue weighted by Crippen LogP contribution is -2.34. The Bertz CT molecular complexity index is 1210. The third-order valence-electron chi connectivity index (χ3n) is 6.62. The molecule has 0 radical (unpaired) electrons. The molecule has 0 atom stereocenters. The largest absolute Gasteiger partial charge is 0.494 e. The van der Waals surface area contributed by atoms with Gasteiger partial charge in [0, 0.05) is 25.9 Å². The maximum absolute atomic E-state index is 12.4. The Kier molecular flexibility index (Phi) is 19.4. The molecule has 0 saturated carbocycles. The zero-order valence-corrected chi connectivity index (χ0v) is 32.1. The summed E-state index contributed by atoms with van der Waals surface area (Å²) in [5, 5.41) is 37.4. The minimum absolute atomic E-state index is 0.0300. The third kappa shape index (κ3) is 13.9. The number of ether oxygens (including phenoxy) is 2. The average molecular weight is 900 g/mol. The molecular weight excluding hydrogens is 860 g/mol. The van der Waals surface area contributed by atoms with Crippen LogP contribution in [0.4, 0.5) is 0 Å². The number of amides is 2. The topological polar surface area (TPSA) is 166 Å². The first kappa shape index (κ1) is 39.9. The lowest BCUT2D eigenvalue weighted by molar-refractivity contribution is -0.115. The van der Waals surface area contributed by atoms with Gasteiger partial charge >= 0.3 is 0 Å². The summed E-state index contributed by atoms with van der Waals surface area (Å²) >= 11 is 13.7. The SMILES string of the molecule is COc1c(Br)cc(C/C(=N\O)C(=O)NCCCNCCCCNCCCNC(=O)/C(Cc2cc(Br)c(OC)c(Br)c2)=N/O)cc1Br. The number of unbranched alkanes of at least 4 members (excludes halogenated alkanes) is 1. The molecule has 46 heavy (non-hydrogen) atoms. The van der Waals surface area contributed by atoms with Crippen molar-refractivity contribution in [1.29, 1.82) is 0 Å². The molecule has 0 aliphatic rings. The zero-order valence-electron chi connectivity index (χ0n) is 25.7. The first-order valence-electron chi connectivity index (χ1n) is 14.6. The van der Waals surface area contributed by atoms with Gasteiger partial charge in [-0.2, -0.15) is 0 Å². The molecule has 0 aliphatic carbocycles. The number of rotatable bonds is 21. The molecule has 2 aromatic rings. The number of oxime groups is 2. The number of methoxy groups -OCH3 is 2. The Morgan fingerprint density at radius 2 is 0.935 bits per heavy atom. The molecule has 2 aromatic carbocycles. The van der Waals surface area contributed by atoms with Gasteiger partial charge < -0.3 is 41.2 Å². The summed E-state index contributed by atoms with van der Waals surface area (Å²) in [6.45, 7) is 4.15. The number of hydrogen-bond acceptors (Lipinski definition) is 10. The number of benzene rings is 2. The Morgan fingerprint density at radius 1 is 0.609 bits per heavy atom. The van der Waals surface area contributed by atoms with Crippen molar-refractivity contribution in [1.82, 2.24) is 21.3 Å². The van der Waals surface area contributed by atoms with E-state index < -0.39 is 11.8 Å². The molecule has 0 aromatic heterocycles. The number of carbonyl (C=O) groups is 2. The number of carbonyl (C=O) groups excluding carboxylic acids is 2. The molecule has 6 N–H and O–H groups in total. The van der Waals surface area contributed by atoms with Crippen LogP contribution in [0, 0.1) is 0 Å². The highest BCUT2D eigenvalue weighted by Crippen LogP contribution is 2.35. The minimum Gasteiger partial charge on any atom is -0.494 e. The summed E-state index contributed by atoms with van der Waals surface area (Å²) in [5.74, 6) is 0.474. The van der Waals surface area contributed by atoms with E-state index in [9.17, 15) is 20.0 Å². The van der Waals surface area contributed by atoms with E-state index in [1.54, 1.807) is 14.2 Å². The predicted octanol–water partition coefficient (Wildman–Crippen LogP) is 5.17. The monoisotopic (exact) mass is 896 g/mol. The molecule has 0 fully saturated rings. The van der Waals surface area contributed by atoms with E-state index in [2.05, 4.69) is 95.3 Å². The average Bonchev–Trinajstić information content (AvgIpc) is 3.02. The highest BCUT2D eigenvalue weighted by Gasteiger charge is 2.17. The molecule has 0 unspecified atom stereocenters. The lowest BCUT2D eigenvalue weighted by Gasteiger charge is -2.11. The lowest BCUT2D eigenvalue weighted by atomic mass is 10.1. The molecular formula is C30H40Br4N6O6. The van der Waals surface area contributed by atoms with Crippen molar-refractivity contribution in [2.24, 2.45) is 10.3 Å². The van der Waals surface area contributed by atoms with Crippen molar-refractivity contribution < 1.29 is 29.5 Å². The summed E-state index contributed by atoms with van der Waals surface area (Å²) in [5.41, 5.74) is 1.64. The fourth-order valence-electron chi connectivity index (χ4n) is 4.31. The van der Waals surface area contributed by atoms with Crippen molar-refractivity contribution in [3.63, 3.8) is 0 Å². The molecule has 0 heterocycles. The van der Waals surface area contributed by atoms with Crippen LogP contribution in [0.5, 0.6) is 11.5 Å². The molecule has 16 heteroatoms. The Balaban J connectivity index is 1.49. The van der Waals surface area contributed by atoms with Gasteiger partial charge in [-0.25, -0.2) is 0 Å². The third-order valence-corrected chi connectivity index (χ3v) is 8.98. The van der Waals surface area contributed by atoms with Crippen LogP contribution in [0.2, 0.25) is 0 Å². The second-order valence-electron chi connectivity index (χ2n) is 10.1. The molecule has 0 saturated heterocycles. The van der Waals surface area contributed by atoms with E-state index in [0.29, 0.717) is 24.6 Å². The summed E-state index contributed by atoms with van der Waals surface area (Å²) in [4.78, 5) is 24.9. The summed E-state index contributed by atoms with van der Waals surface area (Å²) < 4.78 is 13.5. The number of halogens is 4. The number of nitrogens with zero attached hydrogens (tertiary/aromatic N) is 2. The van der Waals surface area contributed by atoms with Gasteiger partial charge in [0.15, 0.2) is 0 Å². The molecule has 0 bridgehead atoms. The van der Waals surface area contributed by atoms with Crippen LogP contribution in [0.3, 0.4) is 0 Å². The Morgan fingerprint density at radius 3 is 1.24 bits per heavy atom. The van der Waals surface area contributed by atoms with Crippen LogP contribution in [-0.2, 0) is 22.4 Å². The second-order valence-corrected chi connectivity index (χ2v) is 13.5. The van der Waals surface area contributed by atoms with E-state index in [1.807, 2.05) is 24.3 Å². The first-order valence-corrected chi connectivity index (χ1v) is 17.8. The molecule has 2 rings (SSSR count). The van der Waals surface area contributed by atoms with Gasteiger partial charge in [-0.15, -0.1) is 0 Å². The fourth-order valence-corrected chi connectivity index (χ4v) is 7.52. The first-order chi connectivity index (χ1) is 22.1. The molecule has 0 spiro atoms. The van der Waals surface area contributed by atoms with Crippen LogP contribution >= 0.6 is 63.7 Å². The summed E-state index contributed by atoms with van der Waals surface area (Å²) in [6, 6.07) is 7.27. The summed E-state index contributed by atoms with van der Waals surface area (Å²) in [7, 11) is 3.13. The van der Waals surface area contributed by atoms with Gasteiger partial charge in [0.25, 0.3) is 11.8 Å². The van der Waals surface area contributed by atoms with Crippen molar-refractivity contribution in [2.45, 2.75) is 38.5 Å². The van der Waals surface area contributed by atoms with Gasteiger partial charge in [0.05, 0.1) is 32.1 Å². The molecule has 254 valence electrons. The molecule has 2 amide bonds. The normalized spacial score (nSPS) is 11.8. The van der Waals surface area contributed by atoms with E-state index in [-0.39, 0.29) is 24.3 Å². The predicted molar refractivity (Wildman–Crippen MR) is 193 cm³/mol. The van der Waals surface area contributed by atoms with Crippen LogP contribution in [0.25, 0.3) is 0 Å². The van der Waals surface area contributed by atoms with Gasteiger partial charge in [-0.3, -0.25) is 9.59 Å². The quantitative estimate of drug-likeness (QED) is 0.0433. The molecule has 0 aliphatic heterocycles. The van der Waals surface area contributed by atoms with Crippen molar-refractivity contribution in [3.8, 4) is 11.5 Å². The van der Waals surface area contributed by atoms with E-state index in [1.165, 1.54) is 0 Å². The van der Waals surface area contributed by atoms with Crippen molar-refractivity contribution in [2.75, 3.05) is 53.5 Å². The van der Waals surface area contributed by atoms with Crippen molar-refractivity contribution >= 4 is 87.0 Å². The summed E-state index contributed by atoms with van der Waals surface area (Å²) in [6.07, 6.45) is 3.83. The van der Waals surface area contributed by atoms with E-state index in [4.69, 9.17) is 9.47 Å². The van der Waals surface area contributed by atoms with Crippen LogP contribution < -0.4 is 30.7 Å². The van der Waals surface area contributed by atoms with E-state index in [0.717, 1.165) is 80.9 Å². The smallest absolute Gasteiger partial charge is 0.269 e. The van der Waals surface area contributed by atoms with Crippen LogP contribution in [0.1, 0.15) is 36.8 Å². The van der Waals surface area contributed by atoms with E-state index >= 15 is 0 Å². The van der Waals surface area contributed by atoms with Gasteiger partial charge in [-0.05, 0) is 151 Å². The zero-order chi connectivity index (χ0) is 33.9. The second kappa shape index (κ2) is 22.4. The van der Waals surface area contributed by atoms with Gasteiger partial charge in [-0.1, -0.05) is 10.3 Å². The van der Waals surface area contributed by atoms with Crippen molar-refractivity contribution in [3.05, 3.63) is 53.3 Å². The maximum Gasteiger partial charge on any atom is 0.269 e. The van der Waals surface area contributed by atoms with Gasteiger partial charge in [0.1, 0.15) is 22.9 Å². The fraction of sp³-hybridized carbons (Fsp3) is 0.467. The van der Waals surface area contributed by atoms with Crippen LogP contribution in [0.15, 0.2) is 52.5 Å². The highest BCUT2D eigenvalue weighted by atomic mass is 79.9. The Hall–Kier alpha value is -2.24. The standard InChI is InChI=1S/C30H40Br4N6O6/c1-45-27-21(31)13-19(14-22(27)32)17-25(39-43)29(41)37-11-5-9-35-7-3-4-8-36-10-6-12-38-30(42)26(40-44)18-20-15-23(33)28(46-2)24(34)16-20/h13-16,35-36,43-44H,3-12,17-18H2,1-2H3,(H,37,41)(H,38,42)/b39-25+,40-26+. The highest BCUT2D eigenvalue weighted by molar-refractivity contribution is 9.11.